The molecule has 0 fully saturated rings. The summed E-state index contributed by atoms with van der Waals surface area (Å²) in [7, 11) is 0. The van der Waals surface area contributed by atoms with Gasteiger partial charge in [0, 0.05) is 12.8 Å². The molecule has 0 aliphatic heterocycles. The van der Waals surface area contributed by atoms with Gasteiger partial charge in [0.2, 0.25) is 0 Å². The number of hydrogen-bond acceptors (Lipinski definition) is 3. The van der Waals surface area contributed by atoms with Crippen LogP contribution in [0.4, 0.5) is 5.82 Å². The zero-order chi connectivity index (χ0) is 8.97. The molecule has 4 nitrogen and oxygen atoms in total. The van der Waals surface area contributed by atoms with E-state index in [0.29, 0.717) is 12.4 Å². The van der Waals surface area contributed by atoms with Gasteiger partial charge in [0.15, 0.2) is 5.82 Å². The molecule has 2 N–H and O–H groups in total. The average molecular weight is 234 g/mol. The van der Waals surface area contributed by atoms with Gasteiger partial charge in [-0.1, -0.05) is 0 Å². The highest BCUT2D eigenvalue weighted by molar-refractivity contribution is 9.10. The molecule has 68 valence electrons. The minimum atomic E-state index is 0.520. The van der Waals surface area contributed by atoms with Crippen LogP contribution < -0.4 is 5.73 Å². The summed E-state index contributed by atoms with van der Waals surface area (Å²) in [6.45, 7) is 4.11. The van der Waals surface area contributed by atoms with E-state index in [1.54, 1.807) is 4.68 Å². The third kappa shape index (κ3) is 2.49. The van der Waals surface area contributed by atoms with Crippen LogP contribution in [-0.4, -0.2) is 23.0 Å². The zero-order valence-electron chi connectivity index (χ0n) is 6.96. The molecule has 0 radical (unpaired) electrons. The lowest BCUT2D eigenvalue weighted by Gasteiger charge is -2.00. The molecule has 0 unspecified atom stereocenters. The number of hydrogen-bond donors (Lipinski definition) is 1. The molecule has 0 aliphatic carbocycles. The second-order valence-electron chi connectivity index (χ2n) is 2.32. The summed E-state index contributed by atoms with van der Waals surface area (Å²) in [4.78, 5) is 0. The van der Waals surface area contributed by atoms with Crippen molar-refractivity contribution in [2.45, 2.75) is 13.5 Å². The third-order valence-corrected chi connectivity index (χ3v) is 2.02. The van der Waals surface area contributed by atoms with E-state index < -0.39 is 0 Å². The van der Waals surface area contributed by atoms with E-state index in [1.165, 1.54) is 0 Å². The van der Waals surface area contributed by atoms with Crippen molar-refractivity contribution in [2.24, 2.45) is 0 Å². The Kier molecular flexibility index (Phi) is 3.55. The number of nitrogens with two attached hydrogens (primary N) is 1. The first kappa shape index (κ1) is 9.54. The summed E-state index contributed by atoms with van der Waals surface area (Å²) in [6, 6.07) is 0. The number of nitrogen functional groups attached to an aromatic ring is 1. The zero-order valence-corrected chi connectivity index (χ0v) is 8.54. The van der Waals surface area contributed by atoms with E-state index >= 15 is 0 Å². The van der Waals surface area contributed by atoms with Gasteiger partial charge in [-0.3, -0.25) is 4.68 Å². The Labute approximate surface area is 79.8 Å². The van der Waals surface area contributed by atoms with Crippen molar-refractivity contribution in [1.29, 1.82) is 0 Å². The molecule has 5 heteroatoms. The summed E-state index contributed by atoms with van der Waals surface area (Å²) in [5.41, 5.74) is 5.53. The fraction of sp³-hybridized carbons (Fsp3) is 0.571. The van der Waals surface area contributed by atoms with E-state index in [0.717, 1.165) is 17.6 Å². The molecule has 0 spiro atoms. The number of rotatable bonds is 4. The first-order valence-corrected chi connectivity index (χ1v) is 4.59. The number of aromatic nitrogens is 2. The van der Waals surface area contributed by atoms with Crippen molar-refractivity contribution in [2.75, 3.05) is 18.9 Å². The minimum Gasteiger partial charge on any atom is -0.381 e. The van der Waals surface area contributed by atoms with Crippen molar-refractivity contribution in [3.63, 3.8) is 0 Å². The topological polar surface area (TPSA) is 53.1 Å². The molecular weight excluding hydrogens is 222 g/mol. The van der Waals surface area contributed by atoms with E-state index in [2.05, 4.69) is 21.0 Å². The Bertz CT molecular complexity index is 229. The minimum absolute atomic E-state index is 0.520. The van der Waals surface area contributed by atoms with Crippen molar-refractivity contribution in [3.8, 4) is 0 Å². The number of anilines is 1. The highest BCUT2D eigenvalue weighted by atomic mass is 79.9. The van der Waals surface area contributed by atoms with E-state index in [-0.39, 0.29) is 0 Å². The van der Waals surface area contributed by atoms with Gasteiger partial charge in [0.05, 0.1) is 17.6 Å². The maximum absolute atomic E-state index is 5.53. The van der Waals surface area contributed by atoms with Gasteiger partial charge >= 0.3 is 0 Å². The Morgan fingerprint density at radius 3 is 3.00 bits per heavy atom. The summed E-state index contributed by atoms with van der Waals surface area (Å²) < 4.78 is 7.76. The van der Waals surface area contributed by atoms with Gasteiger partial charge in [-0.05, 0) is 22.9 Å². The van der Waals surface area contributed by atoms with Gasteiger partial charge in [0.25, 0.3) is 0 Å². The van der Waals surface area contributed by atoms with Crippen molar-refractivity contribution in [1.82, 2.24) is 9.78 Å². The van der Waals surface area contributed by atoms with Crippen molar-refractivity contribution < 1.29 is 4.74 Å². The van der Waals surface area contributed by atoms with Crippen LogP contribution in [0, 0.1) is 0 Å². The molecule has 1 aromatic heterocycles. The maximum atomic E-state index is 5.53. The Balaban J connectivity index is 2.42. The molecule has 0 atom stereocenters. The average Bonchev–Trinajstić information content (AvgIpc) is 2.32. The van der Waals surface area contributed by atoms with Crippen LogP contribution in [0.1, 0.15) is 6.92 Å². The second-order valence-corrected chi connectivity index (χ2v) is 3.18. The van der Waals surface area contributed by atoms with E-state index in [1.807, 2.05) is 13.1 Å². The smallest absolute Gasteiger partial charge is 0.159 e. The molecule has 0 amide bonds. The van der Waals surface area contributed by atoms with E-state index in [9.17, 15) is 0 Å². The standard InChI is InChI=1S/C7H12BrN3O/c1-2-12-4-3-11-5-6(8)7(9)10-11/h5H,2-4H2,1H3,(H2,9,10). The maximum Gasteiger partial charge on any atom is 0.159 e. The molecule has 0 aromatic carbocycles. The van der Waals surface area contributed by atoms with Gasteiger partial charge in [-0.25, -0.2) is 0 Å². The fourth-order valence-corrected chi connectivity index (χ4v) is 1.14. The van der Waals surface area contributed by atoms with Crippen LogP contribution in [0.2, 0.25) is 0 Å². The monoisotopic (exact) mass is 233 g/mol. The SMILES string of the molecule is CCOCCn1cc(Br)c(N)n1. The van der Waals surface area contributed by atoms with Crippen molar-refractivity contribution >= 4 is 21.7 Å². The first-order valence-electron chi connectivity index (χ1n) is 3.80. The van der Waals surface area contributed by atoms with Crippen LogP contribution in [0.3, 0.4) is 0 Å². The molecule has 0 saturated carbocycles. The largest absolute Gasteiger partial charge is 0.381 e. The molecule has 0 aliphatic rings. The lowest BCUT2D eigenvalue weighted by Crippen LogP contribution is -2.06. The molecule has 1 heterocycles. The molecule has 0 bridgehead atoms. The van der Waals surface area contributed by atoms with Crippen LogP contribution in [0.15, 0.2) is 10.7 Å². The Morgan fingerprint density at radius 1 is 1.75 bits per heavy atom. The highest BCUT2D eigenvalue weighted by Gasteiger charge is 2.00. The van der Waals surface area contributed by atoms with E-state index in [4.69, 9.17) is 10.5 Å². The summed E-state index contributed by atoms with van der Waals surface area (Å²) in [5, 5.41) is 4.05. The normalized spacial score (nSPS) is 10.5. The third-order valence-electron chi connectivity index (χ3n) is 1.41. The predicted molar refractivity (Wildman–Crippen MR) is 50.8 cm³/mol. The molecule has 1 rings (SSSR count). The fourth-order valence-electron chi connectivity index (χ4n) is 0.829. The van der Waals surface area contributed by atoms with Gasteiger partial charge in [0.1, 0.15) is 0 Å². The quantitative estimate of drug-likeness (QED) is 0.798. The van der Waals surface area contributed by atoms with Crippen LogP contribution in [-0.2, 0) is 11.3 Å². The number of nitrogens with zero attached hydrogens (tertiary/aromatic N) is 2. The number of ether oxygens (including phenoxy) is 1. The van der Waals surface area contributed by atoms with Gasteiger partial charge in [-0.2, -0.15) is 5.10 Å². The summed E-state index contributed by atoms with van der Waals surface area (Å²) in [5.74, 6) is 0.520. The lowest BCUT2D eigenvalue weighted by molar-refractivity contribution is 0.136. The van der Waals surface area contributed by atoms with Crippen LogP contribution >= 0.6 is 15.9 Å². The van der Waals surface area contributed by atoms with Crippen LogP contribution in [0.25, 0.3) is 0 Å². The van der Waals surface area contributed by atoms with Crippen LogP contribution in [0.5, 0.6) is 0 Å². The Morgan fingerprint density at radius 2 is 2.50 bits per heavy atom. The second kappa shape index (κ2) is 4.47. The van der Waals surface area contributed by atoms with Gasteiger partial charge in [-0.15, -0.1) is 0 Å². The molecule has 1 aromatic rings. The van der Waals surface area contributed by atoms with Crippen molar-refractivity contribution in [3.05, 3.63) is 10.7 Å². The number of halogens is 1. The van der Waals surface area contributed by atoms with Gasteiger partial charge < -0.3 is 10.5 Å². The summed E-state index contributed by atoms with van der Waals surface area (Å²) in [6.07, 6.45) is 1.84. The molecule has 0 saturated heterocycles. The summed E-state index contributed by atoms with van der Waals surface area (Å²) >= 11 is 3.28. The molecular formula is C7H12BrN3O. The predicted octanol–water partition coefficient (Wildman–Crippen LogP) is 1.26. The highest BCUT2D eigenvalue weighted by Crippen LogP contribution is 2.15. The lowest BCUT2D eigenvalue weighted by atomic mass is 10.6. The Hall–Kier alpha value is -0.550. The molecule has 12 heavy (non-hydrogen) atoms. The first-order chi connectivity index (χ1) is 5.74.